The van der Waals surface area contributed by atoms with Crippen LogP contribution in [0, 0.1) is 6.92 Å². The zero-order chi connectivity index (χ0) is 22.5. The predicted molar refractivity (Wildman–Crippen MR) is 124 cm³/mol. The van der Waals surface area contributed by atoms with Crippen LogP contribution in [0.2, 0.25) is 0 Å². The molecule has 7 nitrogen and oxygen atoms in total. The van der Waals surface area contributed by atoms with E-state index in [1.807, 2.05) is 32.0 Å². The predicted octanol–water partition coefficient (Wildman–Crippen LogP) is 4.84. The molecule has 0 aromatic heterocycles. The molecule has 2 aromatic rings. The number of amides is 3. The van der Waals surface area contributed by atoms with Crippen molar-refractivity contribution >= 4 is 56.5 Å². The fraction of sp³-hybridized carbons (Fsp3) is 0.227. The summed E-state index contributed by atoms with van der Waals surface area (Å²) in [6, 6.07) is 10.7. The molecule has 0 spiro atoms. The van der Waals surface area contributed by atoms with Crippen LogP contribution in [-0.4, -0.2) is 42.2 Å². The van der Waals surface area contributed by atoms with Crippen molar-refractivity contribution in [2.75, 3.05) is 25.6 Å². The second-order valence-electron chi connectivity index (χ2n) is 6.64. The average Bonchev–Trinajstić information content (AvgIpc) is 2.97. The summed E-state index contributed by atoms with van der Waals surface area (Å²) in [6.07, 6.45) is 1.59. The molecule has 3 rings (SSSR count). The van der Waals surface area contributed by atoms with Gasteiger partial charge in [0.15, 0.2) is 11.5 Å². The third kappa shape index (κ3) is 5.48. The van der Waals surface area contributed by atoms with Gasteiger partial charge in [0, 0.05) is 10.2 Å². The average molecular weight is 505 g/mol. The van der Waals surface area contributed by atoms with Gasteiger partial charge in [-0.25, -0.2) is 0 Å². The Morgan fingerprint density at radius 3 is 2.68 bits per heavy atom. The molecule has 0 saturated carbocycles. The summed E-state index contributed by atoms with van der Waals surface area (Å²) >= 11 is 4.25. The van der Waals surface area contributed by atoms with Gasteiger partial charge in [0.05, 0.1) is 18.6 Å². The van der Waals surface area contributed by atoms with Crippen LogP contribution >= 0.6 is 27.7 Å². The SMILES string of the molecule is CCOc1cc(Br)c(C=C2SC(=O)N(CC(=O)Nc3cccc(C)c3)C2=O)cc1OC. The van der Waals surface area contributed by atoms with E-state index in [0.717, 1.165) is 22.2 Å². The molecule has 0 unspecified atom stereocenters. The molecule has 31 heavy (non-hydrogen) atoms. The summed E-state index contributed by atoms with van der Waals surface area (Å²) in [5, 5.41) is 2.21. The van der Waals surface area contributed by atoms with Crippen molar-refractivity contribution in [3.05, 3.63) is 56.9 Å². The number of rotatable bonds is 7. The number of imide groups is 1. The fourth-order valence-corrected chi connectivity index (χ4v) is 4.20. The summed E-state index contributed by atoms with van der Waals surface area (Å²) in [7, 11) is 1.52. The Morgan fingerprint density at radius 2 is 2.00 bits per heavy atom. The maximum atomic E-state index is 12.8. The number of halogens is 1. The van der Waals surface area contributed by atoms with Crippen LogP contribution in [-0.2, 0) is 9.59 Å². The lowest BCUT2D eigenvalue weighted by Crippen LogP contribution is -2.36. The minimum atomic E-state index is -0.519. The highest BCUT2D eigenvalue weighted by Crippen LogP contribution is 2.38. The number of benzene rings is 2. The summed E-state index contributed by atoms with van der Waals surface area (Å²) in [5.74, 6) is 0.107. The van der Waals surface area contributed by atoms with E-state index >= 15 is 0 Å². The van der Waals surface area contributed by atoms with Gasteiger partial charge in [-0.3, -0.25) is 19.3 Å². The lowest BCUT2D eigenvalue weighted by atomic mass is 10.2. The Hall–Kier alpha value is -2.78. The third-order valence-electron chi connectivity index (χ3n) is 4.35. The first-order valence-corrected chi connectivity index (χ1v) is 11.1. The van der Waals surface area contributed by atoms with Gasteiger partial charge in [0.1, 0.15) is 6.54 Å². The molecular formula is C22H21BrN2O5S. The van der Waals surface area contributed by atoms with Crippen molar-refractivity contribution < 1.29 is 23.9 Å². The van der Waals surface area contributed by atoms with Gasteiger partial charge < -0.3 is 14.8 Å². The van der Waals surface area contributed by atoms with Gasteiger partial charge in [-0.15, -0.1) is 0 Å². The number of aryl methyl sites for hydroxylation is 1. The fourth-order valence-electron chi connectivity index (χ4n) is 2.93. The first kappa shape index (κ1) is 22.9. The zero-order valence-corrected chi connectivity index (χ0v) is 19.6. The molecule has 1 saturated heterocycles. The first-order valence-electron chi connectivity index (χ1n) is 9.44. The summed E-state index contributed by atoms with van der Waals surface area (Å²) in [4.78, 5) is 38.6. The maximum absolute atomic E-state index is 12.8. The number of hydrogen-bond donors (Lipinski definition) is 1. The molecule has 1 heterocycles. The molecule has 0 radical (unpaired) electrons. The number of carbonyl (C=O) groups excluding carboxylic acids is 3. The van der Waals surface area contributed by atoms with E-state index in [2.05, 4.69) is 21.2 Å². The van der Waals surface area contributed by atoms with Gasteiger partial charge in [0.2, 0.25) is 5.91 Å². The van der Waals surface area contributed by atoms with Crippen molar-refractivity contribution in [3.8, 4) is 11.5 Å². The number of thioether (sulfide) groups is 1. The molecule has 1 N–H and O–H groups in total. The standard InChI is InChI=1S/C22H21BrN2O5S/c1-4-30-18-11-16(23)14(9-17(18)29-3)10-19-21(27)25(22(28)31-19)12-20(26)24-15-7-5-6-13(2)8-15/h5-11H,4,12H2,1-3H3,(H,24,26). The van der Waals surface area contributed by atoms with Crippen LogP contribution in [0.3, 0.4) is 0 Å². The molecular weight excluding hydrogens is 484 g/mol. The number of methoxy groups -OCH3 is 1. The molecule has 3 amide bonds. The van der Waals surface area contributed by atoms with Crippen LogP contribution < -0.4 is 14.8 Å². The molecule has 9 heteroatoms. The van der Waals surface area contributed by atoms with Gasteiger partial charge in [-0.1, -0.05) is 28.1 Å². The highest BCUT2D eigenvalue weighted by Gasteiger charge is 2.36. The number of anilines is 1. The first-order chi connectivity index (χ1) is 14.8. The van der Waals surface area contributed by atoms with Crippen molar-refractivity contribution in [1.29, 1.82) is 0 Å². The van der Waals surface area contributed by atoms with Gasteiger partial charge >= 0.3 is 0 Å². The zero-order valence-electron chi connectivity index (χ0n) is 17.2. The van der Waals surface area contributed by atoms with E-state index in [9.17, 15) is 14.4 Å². The molecule has 1 aliphatic heterocycles. The Balaban J connectivity index is 1.76. The Bertz CT molecular complexity index is 1070. The largest absolute Gasteiger partial charge is 0.493 e. The minimum absolute atomic E-state index is 0.222. The second-order valence-corrected chi connectivity index (χ2v) is 8.49. The topological polar surface area (TPSA) is 84.9 Å². The molecule has 1 fully saturated rings. The minimum Gasteiger partial charge on any atom is -0.493 e. The second kappa shape index (κ2) is 10.0. The van der Waals surface area contributed by atoms with Crippen molar-refractivity contribution in [2.24, 2.45) is 0 Å². The smallest absolute Gasteiger partial charge is 0.294 e. The van der Waals surface area contributed by atoms with Crippen molar-refractivity contribution in [2.45, 2.75) is 13.8 Å². The van der Waals surface area contributed by atoms with Gasteiger partial charge in [0.25, 0.3) is 11.1 Å². The lowest BCUT2D eigenvalue weighted by molar-refractivity contribution is -0.127. The lowest BCUT2D eigenvalue weighted by Gasteiger charge is -2.13. The van der Waals surface area contributed by atoms with Crippen LogP contribution in [0.5, 0.6) is 11.5 Å². The molecule has 0 aliphatic carbocycles. The summed E-state index contributed by atoms with van der Waals surface area (Å²) in [5.41, 5.74) is 2.25. The monoisotopic (exact) mass is 504 g/mol. The molecule has 2 aromatic carbocycles. The summed E-state index contributed by atoms with van der Waals surface area (Å²) in [6.45, 7) is 3.90. The van der Waals surface area contributed by atoms with Crippen LogP contribution in [0.25, 0.3) is 6.08 Å². The van der Waals surface area contributed by atoms with E-state index in [1.165, 1.54) is 7.11 Å². The van der Waals surface area contributed by atoms with Crippen LogP contribution in [0.4, 0.5) is 10.5 Å². The van der Waals surface area contributed by atoms with Crippen LogP contribution in [0.1, 0.15) is 18.1 Å². The maximum Gasteiger partial charge on any atom is 0.294 e. The highest BCUT2D eigenvalue weighted by atomic mass is 79.9. The summed E-state index contributed by atoms with van der Waals surface area (Å²) < 4.78 is 11.6. The Kier molecular flexibility index (Phi) is 7.40. The molecule has 0 atom stereocenters. The number of nitrogens with zero attached hydrogens (tertiary/aromatic N) is 1. The van der Waals surface area contributed by atoms with Crippen molar-refractivity contribution in [3.63, 3.8) is 0 Å². The Labute approximate surface area is 192 Å². The van der Waals surface area contributed by atoms with Crippen molar-refractivity contribution in [1.82, 2.24) is 4.90 Å². The number of carbonyl (C=O) groups is 3. The van der Waals surface area contributed by atoms with Crippen LogP contribution in [0.15, 0.2) is 45.8 Å². The van der Waals surface area contributed by atoms with E-state index in [-0.39, 0.29) is 11.4 Å². The molecule has 1 aliphatic rings. The number of ether oxygens (including phenoxy) is 2. The van der Waals surface area contributed by atoms with E-state index in [0.29, 0.717) is 33.8 Å². The molecule has 0 bridgehead atoms. The number of hydrogen-bond acceptors (Lipinski definition) is 6. The number of nitrogens with one attached hydrogen (secondary N) is 1. The van der Waals surface area contributed by atoms with Gasteiger partial charge in [-0.2, -0.15) is 0 Å². The quantitative estimate of drug-likeness (QED) is 0.543. The van der Waals surface area contributed by atoms with Gasteiger partial charge in [-0.05, 0) is 67.1 Å². The third-order valence-corrected chi connectivity index (χ3v) is 5.94. The molecule has 162 valence electrons. The normalized spacial score (nSPS) is 14.8. The highest BCUT2D eigenvalue weighted by molar-refractivity contribution is 9.10. The van der Waals surface area contributed by atoms with E-state index in [1.54, 1.807) is 24.3 Å². The van der Waals surface area contributed by atoms with E-state index < -0.39 is 17.1 Å². The van der Waals surface area contributed by atoms with E-state index in [4.69, 9.17) is 9.47 Å². The Morgan fingerprint density at radius 1 is 1.23 bits per heavy atom.